The SMILES string of the molecule is CCCCC(CC)C(=O)NC(CCC)(C(=O)[O-])[N+](C)(C)C. The third kappa shape index (κ3) is 4.99. The molecule has 2 unspecified atom stereocenters. The van der Waals surface area contributed by atoms with Crippen LogP contribution < -0.4 is 10.4 Å². The quantitative estimate of drug-likeness (QED) is 0.488. The van der Waals surface area contributed by atoms with Crippen LogP contribution in [0.5, 0.6) is 0 Å². The predicted molar refractivity (Wildman–Crippen MR) is 82.1 cm³/mol. The number of hydrogen-bond donors (Lipinski definition) is 1. The van der Waals surface area contributed by atoms with Crippen molar-refractivity contribution in [3.8, 4) is 0 Å². The zero-order chi connectivity index (χ0) is 16.7. The molecule has 2 atom stereocenters. The van der Waals surface area contributed by atoms with E-state index in [1.807, 2.05) is 13.8 Å². The summed E-state index contributed by atoms with van der Waals surface area (Å²) in [6.45, 7) is 5.96. The predicted octanol–water partition coefficient (Wildman–Crippen LogP) is 1.27. The minimum Gasteiger partial charge on any atom is -0.542 e. The molecule has 5 heteroatoms. The molecule has 1 N–H and O–H groups in total. The molecule has 1 amide bonds. The van der Waals surface area contributed by atoms with Gasteiger partial charge in [-0.1, -0.05) is 33.6 Å². The summed E-state index contributed by atoms with van der Waals surface area (Å²) in [7, 11) is 5.33. The Kier molecular flexibility index (Phi) is 7.93. The van der Waals surface area contributed by atoms with Crippen LogP contribution in [-0.2, 0) is 9.59 Å². The van der Waals surface area contributed by atoms with E-state index in [4.69, 9.17) is 0 Å². The van der Waals surface area contributed by atoms with E-state index in [9.17, 15) is 14.7 Å². The average molecular weight is 300 g/mol. The number of carbonyl (C=O) groups excluding carboxylic acids is 2. The van der Waals surface area contributed by atoms with Crippen molar-refractivity contribution in [1.82, 2.24) is 5.32 Å². The standard InChI is InChI=1S/C16H32N2O3/c1-7-10-11-13(9-3)14(19)17-16(12-8-2,15(20)21)18(4,5)6/h13H,7-12H2,1-6H3,(H-,17,19,20,21). The van der Waals surface area contributed by atoms with Crippen LogP contribution in [0.2, 0.25) is 0 Å². The van der Waals surface area contributed by atoms with Crippen LogP contribution in [0.25, 0.3) is 0 Å². The number of carbonyl (C=O) groups is 2. The molecule has 0 aliphatic carbocycles. The Bertz CT molecular complexity index is 350. The molecule has 21 heavy (non-hydrogen) atoms. The molecule has 5 nitrogen and oxygen atoms in total. The second kappa shape index (κ2) is 8.37. The summed E-state index contributed by atoms with van der Waals surface area (Å²) in [4.78, 5) is 24.3. The van der Waals surface area contributed by atoms with Crippen molar-refractivity contribution >= 4 is 11.9 Å². The van der Waals surface area contributed by atoms with E-state index in [1.54, 1.807) is 21.1 Å². The molecule has 0 saturated carbocycles. The summed E-state index contributed by atoms with van der Waals surface area (Å²) in [5.41, 5.74) is -1.37. The first-order valence-corrected chi connectivity index (χ1v) is 8.01. The smallest absolute Gasteiger partial charge is 0.228 e. The maximum atomic E-state index is 12.5. The molecule has 0 fully saturated rings. The number of quaternary nitrogens is 1. The number of unbranched alkanes of at least 4 members (excludes halogenated alkanes) is 1. The van der Waals surface area contributed by atoms with Crippen LogP contribution >= 0.6 is 0 Å². The van der Waals surface area contributed by atoms with Crippen molar-refractivity contribution in [3.05, 3.63) is 0 Å². The Morgan fingerprint density at radius 2 is 1.71 bits per heavy atom. The lowest BCUT2D eigenvalue weighted by Gasteiger charge is -2.47. The zero-order valence-electron chi connectivity index (χ0n) is 14.5. The molecular formula is C16H32N2O3. The molecule has 0 rings (SSSR count). The molecule has 0 radical (unpaired) electrons. The van der Waals surface area contributed by atoms with E-state index in [0.29, 0.717) is 12.8 Å². The van der Waals surface area contributed by atoms with Crippen LogP contribution in [0.1, 0.15) is 59.3 Å². The van der Waals surface area contributed by atoms with Gasteiger partial charge in [0, 0.05) is 12.3 Å². The third-order valence-electron chi connectivity index (χ3n) is 4.19. The highest BCUT2D eigenvalue weighted by Crippen LogP contribution is 2.23. The molecule has 124 valence electrons. The lowest BCUT2D eigenvalue weighted by Crippen LogP contribution is -2.74. The summed E-state index contributed by atoms with van der Waals surface area (Å²) >= 11 is 0. The van der Waals surface area contributed by atoms with Crippen LogP contribution in [0.3, 0.4) is 0 Å². The summed E-state index contributed by atoms with van der Waals surface area (Å²) in [5.74, 6) is -1.51. The van der Waals surface area contributed by atoms with Crippen molar-refractivity contribution in [2.75, 3.05) is 21.1 Å². The second-order valence-electron chi connectivity index (χ2n) is 6.65. The number of carboxylic acid groups (broad SMARTS) is 1. The van der Waals surface area contributed by atoms with Gasteiger partial charge in [0.1, 0.15) is 5.97 Å². The van der Waals surface area contributed by atoms with Crippen LogP contribution in [-0.4, -0.2) is 43.2 Å². The maximum Gasteiger partial charge on any atom is 0.228 e. The molecule has 0 aromatic heterocycles. The normalized spacial score (nSPS) is 16.1. The fourth-order valence-corrected chi connectivity index (χ4v) is 2.63. The van der Waals surface area contributed by atoms with Crippen molar-refractivity contribution in [1.29, 1.82) is 0 Å². The van der Waals surface area contributed by atoms with E-state index in [1.165, 1.54) is 0 Å². The number of nitrogens with one attached hydrogen (secondary N) is 1. The molecule has 0 spiro atoms. The third-order valence-corrected chi connectivity index (χ3v) is 4.19. The molecule has 0 aliphatic rings. The number of nitrogens with zero attached hydrogens (tertiary/aromatic N) is 1. The van der Waals surface area contributed by atoms with Gasteiger partial charge >= 0.3 is 0 Å². The minimum absolute atomic E-state index is 0.110. The summed E-state index contributed by atoms with van der Waals surface area (Å²) in [5, 5.41) is 14.6. The highest BCUT2D eigenvalue weighted by molar-refractivity contribution is 5.86. The van der Waals surface area contributed by atoms with E-state index in [-0.39, 0.29) is 16.3 Å². The van der Waals surface area contributed by atoms with Gasteiger partial charge in [-0.3, -0.25) is 10.1 Å². The number of amides is 1. The molecule has 0 aromatic rings. The van der Waals surface area contributed by atoms with Crippen LogP contribution in [0, 0.1) is 5.92 Å². The Hall–Kier alpha value is -1.10. The first kappa shape index (κ1) is 19.9. The van der Waals surface area contributed by atoms with Crippen molar-refractivity contribution in [2.45, 2.75) is 65.0 Å². The van der Waals surface area contributed by atoms with Crippen molar-refractivity contribution < 1.29 is 19.2 Å². The Morgan fingerprint density at radius 3 is 2.05 bits per heavy atom. The van der Waals surface area contributed by atoms with Gasteiger partial charge in [0.25, 0.3) is 0 Å². The lowest BCUT2D eigenvalue weighted by molar-refractivity contribution is -0.919. The Morgan fingerprint density at radius 1 is 1.14 bits per heavy atom. The number of carboxylic acids is 1. The van der Waals surface area contributed by atoms with E-state index < -0.39 is 11.6 Å². The monoisotopic (exact) mass is 300 g/mol. The first-order chi connectivity index (χ1) is 9.66. The van der Waals surface area contributed by atoms with Crippen LogP contribution in [0.15, 0.2) is 0 Å². The molecular weight excluding hydrogens is 268 g/mol. The summed E-state index contributed by atoms with van der Waals surface area (Å²) in [6, 6.07) is 0. The Balaban J connectivity index is 5.29. The first-order valence-electron chi connectivity index (χ1n) is 8.01. The summed E-state index contributed by atoms with van der Waals surface area (Å²) in [6.07, 6.45) is 4.54. The summed E-state index contributed by atoms with van der Waals surface area (Å²) < 4.78 is 0.110. The Labute approximate surface area is 129 Å². The molecule has 0 saturated heterocycles. The fourth-order valence-electron chi connectivity index (χ4n) is 2.63. The van der Waals surface area contributed by atoms with Gasteiger partial charge in [0.15, 0.2) is 0 Å². The maximum absolute atomic E-state index is 12.5. The van der Waals surface area contributed by atoms with E-state index in [0.717, 1.165) is 25.7 Å². The number of hydrogen-bond acceptors (Lipinski definition) is 3. The van der Waals surface area contributed by atoms with E-state index >= 15 is 0 Å². The second-order valence-corrected chi connectivity index (χ2v) is 6.65. The number of likely N-dealkylation sites (N-methyl/N-ethyl adjacent to an activating group) is 1. The largest absolute Gasteiger partial charge is 0.542 e. The van der Waals surface area contributed by atoms with E-state index in [2.05, 4.69) is 12.2 Å². The van der Waals surface area contributed by atoms with Gasteiger partial charge in [-0.05, 0) is 19.3 Å². The van der Waals surface area contributed by atoms with Gasteiger partial charge in [-0.15, -0.1) is 0 Å². The molecule has 0 bridgehead atoms. The molecule has 0 aliphatic heterocycles. The fraction of sp³-hybridized carbons (Fsp3) is 0.875. The highest BCUT2D eigenvalue weighted by Gasteiger charge is 2.46. The number of aliphatic carboxylic acids is 1. The molecule has 0 heterocycles. The van der Waals surface area contributed by atoms with Gasteiger partial charge in [-0.2, -0.15) is 0 Å². The molecule has 0 aromatic carbocycles. The number of rotatable bonds is 10. The average Bonchev–Trinajstić information content (AvgIpc) is 2.37. The highest BCUT2D eigenvalue weighted by atomic mass is 16.4. The van der Waals surface area contributed by atoms with Crippen molar-refractivity contribution in [2.24, 2.45) is 5.92 Å². The minimum atomic E-state index is -1.37. The van der Waals surface area contributed by atoms with Gasteiger partial charge in [-0.25, -0.2) is 0 Å². The van der Waals surface area contributed by atoms with Gasteiger partial charge in [0.2, 0.25) is 11.6 Å². The topological polar surface area (TPSA) is 69.2 Å². The van der Waals surface area contributed by atoms with Gasteiger partial charge in [0.05, 0.1) is 21.1 Å². The van der Waals surface area contributed by atoms with Crippen LogP contribution in [0.4, 0.5) is 0 Å². The lowest BCUT2D eigenvalue weighted by atomic mass is 9.95. The zero-order valence-corrected chi connectivity index (χ0v) is 14.5. The van der Waals surface area contributed by atoms with Crippen molar-refractivity contribution in [3.63, 3.8) is 0 Å². The van der Waals surface area contributed by atoms with Gasteiger partial charge < -0.3 is 14.4 Å².